The van der Waals surface area contributed by atoms with Crippen LogP contribution in [0.25, 0.3) is 0 Å². The van der Waals surface area contributed by atoms with Crippen molar-refractivity contribution in [3.63, 3.8) is 0 Å². The third kappa shape index (κ3) is 4.75. The molecule has 0 heterocycles. The van der Waals surface area contributed by atoms with Crippen molar-refractivity contribution in [3.8, 4) is 0 Å². The molecule has 0 aliphatic carbocycles. The van der Waals surface area contributed by atoms with Crippen LogP contribution in [0.2, 0.25) is 5.02 Å². The first-order chi connectivity index (χ1) is 8.00. The van der Waals surface area contributed by atoms with Crippen LogP contribution in [0, 0.1) is 5.92 Å². The molecule has 0 bridgehead atoms. The van der Waals surface area contributed by atoms with Gasteiger partial charge < -0.3 is 10.5 Å². The molecule has 1 aromatic rings. The smallest absolute Gasteiger partial charge is 0.323 e. The molecule has 0 saturated heterocycles. The van der Waals surface area contributed by atoms with Crippen molar-refractivity contribution in [1.82, 2.24) is 0 Å². The molecule has 3 nitrogen and oxygen atoms in total. The van der Waals surface area contributed by atoms with Crippen LogP contribution < -0.4 is 5.73 Å². The summed E-state index contributed by atoms with van der Waals surface area (Å²) in [4.78, 5) is 11.6. The van der Waals surface area contributed by atoms with Crippen LogP contribution in [-0.2, 0) is 16.0 Å². The molecule has 1 rings (SSSR count). The van der Waals surface area contributed by atoms with Crippen molar-refractivity contribution in [2.24, 2.45) is 11.7 Å². The summed E-state index contributed by atoms with van der Waals surface area (Å²) < 4.78 is 5.07. The second-order valence-electron chi connectivity index (χ2n) is 4.43. The van der Waals surface area contributed by atoms with Gasteiger partial charge in [-0.2, -0.15) is 0 Å². The molecule has 0 aromatic heterocycles. The molecule has 0 unspecified atom stereocenters. The first-order valence-electron chi connectivity index (χ1n) is 5.66. The number of hydrogen-bond acceptors (Lipinski definition) is 3. The highest BCUT2D eigenvalue weighted by Crippen LogP contribution is 2.16. The first kappa shape index (κ1) is 14.0. The number of halogens is 1. The molecular formula is C13H18ClNO2. The quantitative estimate of drug-likeness (QED) is 0.822. The summed E-state index contributed by atoms with van der Waals surface area (Å²) in [6.45, 7) is 4.36. The summed E-state index contributed by atoms with van der Waals surface area (Å²) in [6.07, 6.45) is 0.399. The van der Waals surface area contributed by atoms with Gasteiger partial charge in [0.05, 0.1) is 6.61 Å². The van der Waals surface area contributed by atoms with Crippen molar-refractivity contribution in [2.45, 2.75) is 26.3 Å². The molecule has 0 saturated carbocycles. The molecule has 1 aromatic carbocycles. The molecule has 94 valence electrons. The number of carbonyl (C=O) groups is 1. The van der Waals surface area contributed by atoms with E-state index in [9.17, 15) is 4.79 Å². The Bertz CT molecular complexity index is 379. The Hall–Kier alpha value is -1.06. The Kier molecular flexibility index (Phi) is 5.45. The monoisotopic (exact) mass is 255 g/mol. The van der Waals surface area contributed by atoms with E-state index in [1.54, 1.807) is 6.07 Å². The summed E-state index contributed by atoms with van der Waals surface area (Å²) in [5.74, 6) is -0.0647. The van der Waals surface area contributed by atoms with Gasteiger partial charge in [-0.15, -0.1) is 0 Å². The molecule has 17 heavy (non-hydrogen) atoms. The highest BCUT2D eigenvalue weighted by atomic mass is 35.5. The van der Waals surface area contributed by atoms with Gasteiger partial charge in [0, 0.05) is 5.02 Å². The van der Waals surface area contributed by atoms with Crippen molar-refractivity contribution in [2.75, 3.05) is 6.61 Å². The van der Waals surface area contributed by atoms with E-state index in [-0.39, 0.29) is 5.97 Å². The van der Waals surface area contributed by atoms with E-state index in [1.807, 2.05) is 32.0 Å². The minimum Gasteiger partial charge on any atom is -0.464 e. The Morgan fingerprint density at radius 1 is 1.41 bits per heavy atom. The lowest BCUT2D eigenvalue weighted by Gasteiger charge is -2.13. The molecule has 0 spiro atoms. The topological polar surface area (TPSA) is 52.3 Å². The van der Waals surface area contributed by atoms with Crippen LogP contribution in [0.5, 0.6) is 0 Å². The van der Waals surface area contributed by atoms with E-state index < -0.39 is 6.04 Å². The van der Waals surface area contributed by atoms with Gasteiger partial charge in [-0.1, -0.05) is 43.6 Å². The van der Waals surface area contributed by atoms with E-state index in [0.29, 0.717) is 24.0 Å². The zero-order valence-electron chi connectivity index (χ0n) is 10.2. The Balaban J connectivity index is 2.51. The van der Waals surface area contributed by atoms with Crippen LogP contribution in [0.1, 0.15) is 19.4 Å². The maximum Gasteiger partial charge on any atom is 0.323 e. The Morgan fingerprint density at radius 3 is 2.65 bits per heavy atom. The van der Waals surface area contributed by atoms with E-state index in [2.05, 4.69) is 0 Å². The molecule has 0 radical (unpaired) electrons. The van der Waals surface area contributed by atoms with E-state index in [0.717, 1.165) is 5.56 Å². The average molecular weight is 256 g/mol. The standard InChI is InChI=1S/C13H18ClNO2/c1-9(2)8-17-13(16)12(15)7-10-5-3-4-6-11(10)14/h3-6,9,12H,7-8,15H2,1-2H3/t12-/m0/s1. The number of ether oxygens (including phenoxy) is 1. The maximum atomic E-state index is 11.6. The maximum absolute atomic E-state index is 11.6. The summed E-state index contributed by atoms with van der Waals surface area (Å²) in [7, 11) is 0. The highest BCUT2D eigenvalue weighted by Gasteiger charge is 2.17. The Labute approximate surface area is 107 Å². The van der Waals surface area contributed by atoms with Gasteiger partial charge in [0.25, 0.3) is 0 Å². The third-order valence-corrected chi connectivity index (χ3v) is 2.63. The minimum absolute atomic E-state index is 0.312. The van der Waals surface area contributed by atoms with Crippen molar-refractivity contribution in [3.05, 3.63) is 34.9 Å². The third-order valence-electron chi connectivity index (χ3n) is 2.26. The number of hydrogen-bond donors (Lipinski definition) is 1. The number of esters is 1. The summed E-state index contributed by atoms with van der Waals surface area (Å²) in [6, 6.07) is 6.69. The second kappa shape index (κ2) is 6.62. The first-order valence-corrected chi connectivity index (χ1v) is 6.04. The van der Waals surface area contributed by atoms with E-state index >= 15 is 0 Å². The number of benzene rings is 1. The fourth-order valence-electron chi connectivity index (χ4n) is 1.34. The molecule has 0 fully saturated rings. The van der Waals surface area contributed by atoms with Gasteiger partial charge in [-0.05, 0) is 24.0 Å². The Morgan fingerprint density at radius 2 is 2.06 bits per heavy atom. The number of rotatable bonds is 5. The summed E-state index contributed by atoms with van der Waals surface area (Å²) >= 11 is 5.99. The number of carbonyl (C=O) groups excluding carboxylic acids is 1. The number of nitrogens with two attached hydrogens (primary N) is 1. The van der Waals surface area contributed by atoms with E-state index in [4.69, 9.17) is 22.1 Å². The molecule has 4 heteroatoms. The molecule has 0 aliphatic rings. The average Bonchev–Trinajstić information content (AvgIpc) is 2.28. The van der Waals surface area contributed by atoms with Gasteiger partial charge in [0.2, 0.25) is 0 Å². The molecule has 0 aliphatic heterocycles. The van der Waals surface area contributed by atoms with Crippen molar-refractivity contribution in [1.29, 1.82) is 0 Å². The largest absolute Gasteiger partial charge is 0.464 e. The second-order valence-corrected chi connectivity index (χ2v) is 4.83. The van der Waals surface area contributed by atoms with Gasteiger partial charge in [0.1, 0.15) is 6.04 Å². The van der Waals surface area contributed by atoms with Crippen LogP contribution >= 0.6 is 11.6 Å². The lowest BCUT2D eigenvalue weighted by atomic mass is 10.1. The summed E-state index contributed by atoms with van der Waals surface area (Å²) in [5.41, 5.74) is 6.64. The van der Waals surface area contributed by atoms with Crippen molar-refractivity contribution >= 4 is 17.6 Å². The fraction of sp³-hybridized carbons (Fsp3) is 0.462. The fourth-order valence-corrected chi connectivity index (χ4v) is 1.55. The summed E-state index contributed by atoms with van der Waals surface area (Å²) in [5, 5.41) is 0.625. The van der Waals surface area contributed by atoms with Crippen LogP contribution in [0.15, 0.2) is 24.3 Å². The van der Waals surface area contributed by atoms with Crippen LogP contribution in [0.4, 0.5) is 0 Å². The van der Waals surface area contributed by atoms with E-state index in [1.165, 1.54) is 0 Å². The molecular weight excluding hydrogens is 238 g/mol. The molecule has 1 atom stereocenters. The lowest BCUT2D eigenvalue weighted by molar-refractivity contribution is -0.146. The van der Waals surface area contributed by atoms with Crippen LogP contribution in [-0.4, -0.2) is 18.6 Å². The van der Waals surface area contributed by atoms with Crippen molar-refractivity contribution < 1.29 is 9.53 Å². The van der Waals surface area contributed by atoms with Gasteiger partial charge in [-0.25, -0.2) is 0 Å². The zero-order chi connectivity index (χ0) is 12.8. The molecule has 2 N–H and O–H groups in total. The SMILES string of the molecule is CC(C)COC(=O)[C@@H](N)Cc1ccccc1Cl. The zero-order valence-corrected chi connectivity index (χ0v) is 10.9. The normalized spacial score (nSPS) is 12.5. The van der Waals surface area contributed by atoms with Gasteiger partial charge in [-0.3, -0.25) is 4.79 Å². The molecule has 0 amide bonds. The minimum atomic E-state index is -0.659. The predicted molar refractivity (Wildman–Crippen MR) is 68.9 cm³/mol. The predicted octanol–water partition coefficient (Wildman–Crippen LogP) is 2.41. The van der Waals surface area contributed by atoms with Gasteiger partial charge >= 0.3 is 5.97 Å². The lowest BCUT2D eigenvalue weighted by Crippen LogP contribution is -2.35. The van der Waals surface area contributed by atoms with Gasteiger partial charge in [0.15, 0.2) is 0 Å². The van der Waals surface area contributed by atoms with Crippen LogP contribution in [0.3, 0.4) is 0 Å². The highest BCUT2D eigenvalue weighted by molar-refractivity contribution is 6.31.